The molecule has 0 bridgehead atoms. The lowest BCUT2D eigenvalue weighted by atomic mass is 10.0. The van der Waals surface area contributed by atoms with Crippen molar-refractivity contribution in [2.75, 3.05) is 32.8 Å². The van der Waals surface area contributed by atoms with Gasteiger partial charge in [-0.3, -0.25) is 9.69 Å². The number of carbonyl (C=O) groups excluding carboxylic acids is 1. The third kappa shape index (κ3) is 4.74. The van der Waals surface area contributed by atoms with E-state index in [0.717, 1.165) is 13.1 Å². The quantitative estimate of drug-likeness (QED) is 0.795. The molecule has 8 heteroatoms. The number of nitrogens with zero attached hydrogens (tertiary/aromatic N) is 1. The zero-order valence-corrected chi connectivity index (χ0v) is 14.2. The van der Waals surface area contributed by atoms with Crippen LogP contribution in [0.3, 0.4) is 0 Å². The average Bonchev–Trinajstić information content (AvgIpc) is 2.48. The molecule has 23 heavy (non-hydrogen) atoms. The highest BCUT2D eigenvalue weighted by molar-refractivity contribution is 7.89. The van der Waals surface area contributed by atoms with Gasteiger partial charge in [-0.05, 0) is 38.1 Å². The third-order valence-electron chi connectivity index (χ3n) is 3.93. The number of nitrogens with one attached hydrogen (secondary N) is 1. The number of ether oxygens (including phenoxy) is 1. The maximum Gasteiger partial charge on any atom is 0.251 e. The van der Waals surface area contributed by atoms with E-state index >= 15 is 0 Å². The summed E-state index contributed by atoms with van der Waals surface area (Å²) >= 11 is 0. The lowest BCUT2D eigenvalue weighted by molar-refractivity contribution is -0.0498. The summed E-state index contributed by atoms with van der Waals surface area (Å²) < 4.78 is 27.8. The summed E-state index contributed by atoms with van der Waals surface area (Å²) in [6, 6.07) is 5.56. The molecule has 1 saturated heterocycles. The van der Waals surface area contributed by atoms with E-state index in [2.05, 4.69) is 24.1 Å². The molecule has 128 valence electrons. The van der Waals surface area contributed by atoms with Crippen molar-refractivity contribution < 1.29 is 17.9 Å². The fourth-order valence-electron chi connectivity index (χ4n) is 2.51. The molecule has 1 heterocycles. The molecule has 0 aromatic heterocycles. The summed E-state index contributed by atoms with van der Waals surface area (Å²) in [4.78, 5) is 14.3. The van der Waals surface area contributed by atoms with Crippen molar-refractivity contribution >= 4 is 15.9 Å². The minimum Gasteiger partial charge on any atom is -0.378 e. The standard InChI is InChI=1S/C15H23N3O4S/c1-15(2)11-22-10-9-18(15)8-7-17-14(19)12-3-5-13(6-4-12)23(16,20)21/h3-6H,7-11H2,1-2H3,(H,17,19)(H2,16,20,21). The average molecular weight is 341 g/mol. The summed E-state index contributed by atoms with van der Waals surface area (Å²) in [5, 5.41) is 7.87. The fraction of sp³-hybridized carbons (Fsp3) is 0.533. The van der Waals surface area contributed by atoms with Crippen LogP contribution in [0, 0.1) is 0 Å². The van der Waals surface area contributed by atoms with Crippen LogP contribution in [0.4, 0.5) is 0 Å². The highest BCUT2D eigenvalue weighted by Crippen LogP contribution is 2.17. The highest BCUT2D eigenvalue weighted by Gasteiger charge is 2.29. The molecule has 0 aliphatic carbocycles. The van der Waals surface area contributed by atoms with Gasteiger partial charge in [0, 0.05) is 30.7 Å². The molecule has 0 atom stereocenters. The van der Waals surface area contributed by atoms with E-state index in [9.17, 15) is 13.2 Å². The summed E-state index contributed by atoms with van der Waals surface area (Å²) in [5.74, 6) is -0.239. The van der Waals surface area contributed by atoms with Gasteiger partial charge in [0.15, 0.2) is 0 Å². The van der Waals surface area contributed by atoms with Crippen LogP contribution < -0.4 is 10.5 Å². The number of rotatable bonds is 5. The summed E-state index contributed by atoms with van der Waals surface area (Å²) in [6.07, 6.45) is 0. The second kappa shape index (κ2) is 6.96. The van der Waals surface area contributed by atoms with Gasteiger partial charge in [0.1, 0.15) is 0 Å². The Balaban J connectivity index is 1.87. The van der Waals surface area contributed by atoms with Crippen molar-refractivity contribution in [1.29, 1.82) is 0 Å². The minimum atomic E-state index is -3.74. The van der Waals surface area contributed by atoms with Gasteiger partial charge in [0.05, 0.1) is 18.1 Å². The Morgan fingerprint density at radius 1 is 1.35 bits per heavy atom. The van der Waals surface area contributed by atoms with Crippen molar-refractivity contribution in [3.8, 4) is 0 Å². The van der Waals surface area contributed by atoms with Crippen LogP contribution in [0.15, 0.2) is 29.2 Å². The molecule has 2 rings (SSSR count). The molecule has 1 aromatic rings. The van der Waals surface area contributed by atoms with Crippen molar-refractivity contribution in [1.82, 2.24) is 10.2 Å². The van der Waals surface area contributed by atoms with Crippen LogP contribution in [0.2, 0.25) is 0 Å². The Morgan fingerprint density at radius 2 is 2.00 bits per heavy atom. The van der Waals surface area contributed by atoms with Crippen LogP contribution in [-0.4, -0.2) is 57.6 Å². The second-order valence-corrected chi connectivity index (χ2v) is 7.74. The summed E-state index contributed by atoms with van der Waals surface area (Å²) in [5.41, 5.74) is 0.360. The van der Waals surface area contributed by atoms with Crippen LogP contribution >= 0.6 is 0 Å². The van der Waals surface area contributed by atoms with Gasteiger partial charge in [-0.2, -0.15) is 0 Å². The first kappa shape index (κ1) is 17.9. The van der Waals surface area contributed by atoms with E-state index in [1.54, 1.807) is 0 Å². The Hall–Kier alpha value is -1.48. The predicted octanol–water partition coefficient (Wildman–Crippen LogP) is 0.175. The van der Waals surface area contributed by atoms with Gasteiger partial charge in [-0.25, -0.2) is 13.6 Å². The molecule has 0 radical (unpaired) electrons. The summed E-state index contributed by atoms with van der Waals surface area (Å²) in [6.45, 7) is 7.69. The molecule has 1 aromatic carbocycles. The zero-order chi connectivity index (χ0) is 17.1. The second-order valence-electron chi connectivity index (χ2n) is 6.18. The Labute approximate surface area is 136 Å². The zero-order valence-electron chi connectivity index (χ0n) is 13.4. The van der Waals surface area contributed by atoms with Crippen molar-refractivity contribution in [3.05, 3.63) is 29.8 Å². The van der Waals surface area contributed by atoms with Crippen molar-refractivity contribution in [2.24, 2.45) is 5.14 Å². The molecule has 1 fully saturated rings. The fourth-order valence-corrected chi connectivity index (χ4v) is 3.02. The maximum atomic E-state index is 12.1. The van der Waals surface area contributed by atoms with Gasteiger partial charge in [0.25, 0.3) is 5.91 Å². The van der Waals surface area contributed by atoms with Gasteiger partial charge >= 0.3 is 0 Å². The Morgan fingerprint density at radius 3 is 2.57 bits per heavy atom. The number of carbonyl (C=O) groups is 1. The molecule has 1 aliphatic rings. The van der Waals surface area contributed by atoms with Crippen LogP contribution in [-0.2, 0) is 14.8 Å². The number of primary sulfonamides is 1. The first-order valence-electron chi connectivity index (χ1n) is 7.44. The first-order chi connectivity index (χ1) is 10.7. The molecule has 7 nitrogen and oxygen atoms in total. The lowest BCUT2D eigenvalue weighted by Crippen LogP contribution is -2.54. The van der Waals surface area contributed by atoms with Crippen LogP contribution in [0.5, 0.6) is 0 Å². The van der Waals surface area contributed by atoms with Crippen LogP contribution in [0.25, 0.3) is 0 Å². The van der Waals surface area contributed by atoms with Gasteiger partial charge in [-0.15, -0.1) is 0 Å². The van der Waals surface area contributed by atoms with Crippen molar-refractivity contribution in [3.63, 3.8) is 0 Å². The maximum absolute atomic E-state index is 12.1. The van der Waals surface area contributed by atoms with Crippen LogP contribution in [0.1, 0.15) is 24.2 Å². The largest absolute Gasteiger partial charge is 0.378 e. The minimum absolute atomic E-state index is 0.0101. The van der Waals surface area contributed by atoms with E-state index in [1.807, 2.05) is 0 Å². The van der Waals surface area contributed by atoms with Crippen molar-refractivity contribution in [2.45, 2.75) is 24.3 Å². The number of benzene rings is 1. The lowest BCUT2D eigenvalue weighted by Gasteiger charge is -2.42. The number of hydrogen-bond acceptors (Lipinski definition) is 5. The monoisotopic (exact) mass is 341 g/mol. The Bertz CT molecular complexity index is 656. The molecule has 0 saturated carbocycles. The smallest absolute Gasteiger partial charge is 0.251 e. The first-order valence-corrected chi connectivity index (χ1v) is 8.99. The normalized spacial score (nSPS) is 18.6. The predicted molar refractivity (Wildman–Crippen MR) is 86.6 cm³/mol. The number of hydrogen-bond donors (Lipinski definition) is 2. The van der Waals surface area contributed by atoms with E-state index < -0.39 is 10.0 Å². The van der Waals surface area contributed by atoms with Gasteiger partial charge in [-0.1, -0.05) is 0 Å². The molecule has 3 N–H and O–H groups in total. The molecule has 0 unspecified atom stereocenters. The Kier molecular flexibility index (Phi) is 5.41. The topological polar surface area (TPSA) is 102 Å². The highest BCUT2D eigenvalue weighted by atomic mass is 32.2. The summed E-state index contributed by atoms with van der Waals surface area (Å²) in [7, 11) is -3.74. The number of nitrogens with two attached hydrogens (primary N) is 1. The number of sulfonamides is 1. The molecule has 1 amide bonds. The van der Waals surface area contributed by atoms with E-state index in [0.29, 0.717) is 25.3 Å². The van der Waals surface area contributed by atoms with Gasteiger partial charge in [0.2, 0.25) is 10.0 Å². The number of morpholine rings is 1. The molecule has 1 aliphatic heterocycles. The molecular weight excluding hydrogens is 318 g/mol. The van der Waals surface area contributed by atoms with E-state index in [4.69, 9.17) is 9.88 Å². The SMILES string of the molecule is CC1(C)COCCN1CCNC(=O)c1ccc(S(N)(=O)=O)cc1. The number of amides is 1. The molecule has 0 spiro atoms. The van der Waals surface area contributed by atoms with E-state index in [1.165, 1.54) is 24.3 Å². The van der Waals surface area contributed by atoms with Gasteiger partial charge < -0.3 is 10.1 Å². The van der Waals surface area contributed by atoms with E-state index in [-0.39, 0.29) is 16.3 Å². The third-order valence-corrected chi connectivity index (χ3v) is 4.86. The molecular formula is C15H23N3O4S.